The highest BCUT2D eigenvalue weighted by molar-refractivity contribution is 5.91. The Morgan fingerprint density at radius 1 is 1.42 bits per heavy atom. The first kappa shape index (κ1) is 13.7. The second kappa shape index (κ2) is 5.09. The molecule has 2 rings (SSSR count). The Morgan fingerprint density at radius 3 is 2.63 bits per heavy atom. The number of hydrogen-bond donors (Lipinski definition) is 1. The number of hydrogen-bond acceptors (Lipinski definition) is 4. The second-order valence-corrected chi connectivity index (χ2v) is 4.85. The molecule has 0 aromatic heterocycles. The quantitative estimate of drug-likeness (QED) is 0.905. The van der Waals surface area contributed by atoms with E-state index < -0.39 is 0 Å². The Balaban J connectivity index is 2.44. The molecular weight excluding hydrogens is 244 g/mol. The number of aryl methyl sites for hydroxylation is 1. The summed E-state index contributed by atoms with van der Waals surface area (Å²) in [6.45, 7) is 6.79. The van der Waals surface area contributed by atoms with Crippen molar-refractivity contribution in [3.05, 3.63) is 22.8 Å². The number of ether oxygens (including phenoxy) is 2. The summed E-state index contributed by atoms with van der Waals surface area (Å²) in [7, 11) is 1.66. The number of anilines is 1. The summed E-state index contributed by atoms with van der Waals surface area (Å²) in [5, 5.41) is 0. The zero-order valence-corrected chi connectivity index (χ0v) is 11.8. The van der Waals surface area contributed by atoms with Crippen LogP contribution >= 0.6 is 0 Å². The number of rotatable bonds is 3. The van der Waals surface area contributed by atoms with Crippen LogP contribution in [-0.4, -0.2) is 32.4 Å². The molecule has 1 amide bonds. The molecule has 1 aliphatic heterocycles. The van der Waals surface area contributed by atoms with Gasteiger partial charge in [-0.05, 0) is 43.5 Å². The lowest BCUT2D eigenvalue weighted by Gasteiger charge is -2.20. The molecule has 0 bridgehead atoms. The van der Waals surface area contributed by atoms with Gasteiger partial charge >= 0.3 is 6.09 Å². The van der Waals surface area contributed by atoms with E-state index in [1.165, 1.54) is 0 Å². The first-order valence-corrected chi connectivity index (χ1v) is 6.32. The first-order chi connectivity index (χ1) is 8.99. The monoisotopic (exact) mass is 264 g/mol. The van der Waals surface area contributed by atoms with E-state index in [2.05, 4.69) is 0 Å². The van der Waals surface area contributed by atoms with Crippen LogP contribution in [-0.2, 0) is 4.74 Å². The lowest BCUT2D eigenvalue weighted by Crippen LogP contribution is -2.28. The van der Waals surface area contributed by atoms with Crippen LogP contribution in [0.1, 0.15) is 16.7 Å². The SMILES string of the molecule is COc1c(C)cc(N2CC(CN)OC2=O)c(C)c1C. The maximum absolute atomic E-state index is 11.9. The molecule has 5 heteroatoms. The summed E-state index contributed by atoms with van der Waals surface area (Å²) < 4.78 is 10.6. The molecule has 0 saturated carbocycles. The summed E-state index contributed by atoms with van der Waals surface area (Å²) in [6.07, 6.45) is -0.558. The number of nitrogens with zero attached hydrogens (tertiary/aromatic N) is 1. The Bertz CT molecular complexity index is 514. The van der Waals surface area contributed by atoms with Gasteiger partial charge in [-0.1, -0.05) is 0 Å². The molecule has 1 saturated heterocycles. The van der Waals surface area contributed by atoms with Gasteiger partial charge in [-0.15, -0.1) is 0 Å². The molecule has 1 atom stereocenters. The molecule has 2 N–H and O–H groups in total. The highest BCUT2D eigenvalue weighted by atomic mass is 16.6. The predicted molar refractivity (Wildman–Crippen MR) is 73.9 cm³/mol. The fourth-order valence-corrected chi connectivity index (χ4v) is 2.47. The van der Waals surface area contributed by atoms with Crippen molar-refractivity contribution in [1.29, 1.82) is 0 Å². The summed E-state index contributed by atoms with van der Waals surface area (Å²) in [5.41, 5.74) is 9.50. The van der Waals surface area contributed by atoms with Gasteiger partial charge in [-0.3, -0.25) is 4.90 Å². The number of nitrogens with two attached hydrogens (primary N) is 1. The number of cyclic esters (lactones) is 1. The smallest absolute Gasteiger partial charge is 0.414 e. The molecule has 1 aliphatic rings. The van der Waals surface area contributed by atoms with E-state index in [-0.39, 0.29) is 12.2 Å². The summed E-state index contributed by atoms with van der Waals surface area (Å²) >= 11 is 0. The molecular formula is C14H20N2O3. The first-order valence-electron chi connectivity index (χ1n) is 6.32. The molecule has 0 aliphatic carbocycles. The average Bonchev–Trinajstić information content (AvgIpc) is 2.76. The summed E-state index contributed by atoms with van der Waals surface area (Å²) in [6, 6.07) is 1.96. The highest BCUT2D eigenvalue weighted by Crippen LogP contribution is 2.35. The van der Waals surface area contributed by atoms with Crippen molar-refractivity contribution >= 4 is 11.8 Å². The molecule has 5 nitrogen and oxygen atoms in total. The van der Waals surface area contributed by atoms with Crippen LogP contribution in [0.3, 0.4) is 0 Å². The van der Waals surface area contributed by atoms with Crippen LogP contribution in [0.25, 0.3) is 0 Å². The van der Waals surface area contributed by atoms with Crippen LogP contribution in [0.5, 0.6) is 5.75 Å². The van der Waals surface area contributed by atoms with Gasteiger partial charge in [0.2, 0.25) is 0 Å². The topological polar surface area (TPSA) is 64.8 Å². The molecule has 0 radical (unpaired) electrons. The van der Waals surface area contributed by atoms with Gasteiger partial charge in [0.1, 0.15) is 11.9 Å². The maximum Gasteiger partial charge on any atom is 0.414 e. The van der Waals surface area contributed by atoms with E-state index in [0.717, 1.165) is 28.1 Å². The minimum absolute atomic E-state index is 0.227. The number of methoxy groups -OCH3 is 1. The van der Waals surface area contributed by atoms with E-state index in [1.807, 2.05) is 26.8 Å². The zero-order chi connectivity index (χ0) is 14.2. The molecule has 1 aromatic carbocycles. The van der Waals surface area contributed by atoms with Gasteiger partial charge in [0, 0.05) is 6.54 Å². The molecule has 1 fully saturated rings. The third kappa shape index (κ3) is 2.26. The number of benzene rings is 1. The standard InChI is InChI=1S/C14H20N2O3/c1-8-5-12(9(2)10(3)13(8)18-4)16-7-11(6-15)19-14(16)17/h5,11H,6-7,15H2,1-4H3. The number of carbonyl (C=O) groups excluding carboxylic acids is 1. The lowest BCUT2D eigenvalue weighted by molar-refractivity contribution is 0.145. The summed E-state index contributed by atoms with van der Waals surface area (Å²) in [4.78, 5) is 13.5. The fraction of sp³-hybridized carbons (Fsp3) is 0.500. The molecule has 104 valence electrons. The van der Waals surface area contributed by atoms with E-state index in [4.69, 9.17) is 15.2 Å². The van der Waals surface area contributed by atoms with Crippen LogP contribution in [0.4, 0.5) is 10.5 Å². The van der Waals surface area contributed by atoms with Gasteiger partial charge in [0.15, 0.2) is 0 Å². The third-order valence-corrected chi connectivity index (χ3v) is 3.63. The van der Waals surface area contributed by atoms with Crippen LogP contribution < -0.4 is 15.4 Å². The normalized spacial score (nSPS) is 18.7. The van der Waals surface area contributed by atoms with Crippen LogP contribution in [0.15, 0.2) is 6.07 Å². The van der Waals surface area contributed by atoms with Crippen LogP contribution in [0, 0.1) is 20.8 Å². The minimum atomic E-state index is -0.331. The zero-order valence-electron chi connectivity index (χ0n) is 11.8. The van der Waals surface area contributed by atoms with Crippen molar-refractivity contribution in [2.75, 3.05) is 25.1 Å². The molecule has 1 unspecified atom stereocenters. The third-order valence-electron chi connectivity index (χ3n) is 3.63. The molecule has 19 heavy (non-hydrogen) atoms. The lowest BCUT2D eigenvalue weighted by atomic mass is 10.0. The van der Waals surface area contributed by atoms with E-state index in [9.17, 15) is 4.79 Å². The van der Waals surface area contributed by atoms with Gasteiger partial charge in [-0.2, -0.15) is 0 Å². The van der Waals surface area contributed by atoms with Crippen molar-refractivity contribution in [2.45, 2.75) is 26.9 Å². The fourth-order valence-electron chi connectivity index (χ4n) is 2.47. The summed E-state index contributed by atoms with van der Waals surface area (Å²) in [5.74, 6) is 0.865. The minimum Gasteiger partial charge on any atom is -0.496 e. The van der Waals surface area contributed by atoms with Gasteiger partial charge in [0.05, 0.1) is 19.3 Å². The Morgan fingerprint density at radius 2 is 2.11 bits per heavy atom. The van der Waals surface area contributed by atoms with Crippen molar-refractivity contribution in [2.24, 2.45) is 5.73 Å². The van der Waals surface area contributed by atoms with E-state index in [0.29, 0.717) is 13.1 Å². The van der Waals surface area contributed by atoms with Gasteiger partial charge in [-0.25, -0.2) is 4.79 Å². The van der Waals surface area contributed by atoms with Gasteiger partial charge < -0.3 is 15.2 Å². The Hall–Kier alpha value is -1.75. The Labute approximate surface area is 113 Å². The van der Waals surface area contributed by atoms with E-state index in [1.54, 1.807) is 12.0 Å². The average molecular weight is 264 g/mol. The predicted octanol–water partition coefficient (Wildman–Crippen LogP) is 1.90. The highest BCUT2D eigenvalue weighted by Gasteiger charge is 2.33. The molecule has 1 aromatic rings. The van der Waals surface area contributed by atoms with Crippen molar-refractivity contribution in [3.8, 4) is 5.75 Å². The second-order valence-electron chi connectivity index (χ2n) is 4.85. The molecule has 1 heterocycles. The number of carbonyl (C=O) groups is 1. The van der Waals surface area contributed by atoms with Crippen molar-refractivity contribution < 1.29 is 14.3 Å². The van der Waals surface area contributed by atoms with Crippen LogP contribution in [0.2, 0.25) is 0 Å². The maximum atomic E-state index is 11.9. The van der Waals surface area contributed by atoms with E-state index >= 15 is 0 Å². The van der Waals surface area contributed by atoms with Crippen molar-refractivity contribution in [1.82, 2.24) is 0 Å². The Kier molecular flexibility index (Phi) is 3.66. The molecule has 0 spiro atoms. The number of amides is 1. The largest absolute Gasteiger partial charge is 0.496 e. The van der Waals surface area contributed by atoms with Gasteiger partial charge in [0.25, 0.3) is 0 Å². The van der Waals surface area contributed by atoms with Crippen molar-refractivity contribution in [3.63, 3.8) is 0 Å².